The van der Waals surface area contributed by atoms with Crippen LogP contribution in [0.2, 0.25) is 0 Å². The van der Waals surface area contributed by atoms with Crippen LogP contribution in [0.25, 0.3) is 0 Å². The fourth-order valence-electron chi connectivity index (χ4n) is 7.29. The summed E-state index contributed by atoms with van der Waals surface area (Å²) in [6.07, 6.45) is 0. The standard InChI is InChI=1S/C42H27F9N3O6P/c43-25-10-31(46)40(32(47)11-25)52-16-22-7-28(1-4-37(22)56-19-52)59-61(55,30-3-6-39-24(9-30)18-54(21-58-39)42-35(50)14-27(45)15-36(42)51)60-29-2-5-38-23(8-29)17-53(20-57-38)41-33(48)12-26(44)13-34(41)49/h1-15H,16-21H2. The Morgan fingerprint density at radius 2 is 0.738 bits per heavy atom. The smallest absolute Gasteiger partial charge is 0.462 e. The number of hydrogen-bond donors (Lipinski definition) is 0. The molecule has 0 radical (unpaired) electrons. The van der Waals surface area contributed by atoms with Crippen LogP contribution < -0.4 is 43.3 Å². The predicted octanol–water partition coefficient (Wildman–Crippen LogP) is 9.98. The van der Waals surface area contributed by atoms with Gasteiger partial charge in [0.05, 0.1) is 24.9 Å². The van der Waals surface area contributed by atoms with E-state index in [9.17, 15) is 39.5 Å². The van der Waals surface area contributed by atoms with E-state index >= 15 is 4.57 Å². The molecule has 19 heteroatoms. The molecule has 0 unspecified atom stereocenters. The van der Waals surface area contributed by atoms with E-state index in [1.165, 1.54) is 64.4 Å². The van der Waals surface area contributed by atoms with Crippen molar-refractivity contribution < 1.29 is 67.3 Å². The second kappa shape index (κ2) is 15.4. The minimum Gasteiger partial charge on any atom is -0.473 e. The van der Waals surface area contributed by atoms with E-state index in [-0.39, 0.29) is 67.9 Å². The Hall–Kier alpha value is -6.68. The lowest BCUT2D eigenvalue weighted by Crippen LogP contribution is -2.34. The van der Waals surface area contributed by atoms with Gasteiger partial charge in [0.1, 0.15) is 63.3 Å². The van der Waals surface area contributed by atoms with Gasteiger partial charge >= 0.3 is 7.60 Å². The van der Waals surface area contributed by atoms with Crippen LogP contribution in [0, 0.1) is 52.4 Å². The molecule has 0 saturated heterocycles. The van der Waals surface area contributed by atoms with Crippen molar-refractivity contribution in [2.45, 2.75) is 19.6 Å². The zero-order valence-corrected chi connectivity index (χ0v) is 31.9. The van der Waals surface area contributed by atoms with Crippen molar-refractivity contribution in [3.8, 4) is 28.7 Å². The third-order valence-corrected chi connectivity index (χ3v) is 11.8. The van der Waals surface area contributed by atoms with Crippen molar-refractivity contribution in [2.75, 3.05) is 34.9 Å². The molecule has 61 heavy (non-hydrogen) atoms. The number of anilines is 3. The molecule has 0 atom stereocenters. The average molecular weight is 872 g/mol. The first-order valence-corrected chi connectivity index (χ1v) is 19.7. The highest BCUT2D eigenvalue weighted by molar-refractivity contribution is 7.63. The summed E-state index contributed by atoms with van der Waals surface area (Å²) in [7, 11) is -4.64. The summed E-state index contributed by atoms with van der Waals surface area (Å²) in [5, 5.41) is -0.0890. The first-order valence-electron chi connectivity index (χ1n) is 18.2. The van der Waals surface area contributed by atoms with Gasteiger partial charge in [-0.2, -0.15) is 0 Å². The Labute approximate surface area is 340 Å². The SMILES string of the molecule is O=P(Oc1ccc2c(c1)CN(c1c(F)cc(F)cc1F)CO2)(Oc1ccc2c(c1)CN(c1c(F)cc(F)cc1F)CO2)c1ccc2c(c1)CN(c1c(F)cc(F)cc1F)CO2. The maximum atomic E-state index is 15.3. The van der Waals surface area contributed by atoms with Crippen LogP contribution in [0.15, 0.2) is 91.0 Å². The molecule has 3 heterocycles. The third-order valence-electron chi connectivity index (χ3n) is 9.98. The monoisotopic (exact) mass is 871 g/mol. The molecule has 6 aromatic carbocycles. The summed E-state index contributed by atoms with van der Waals surface area (Å²) >= 11 is 0. The molecule has 9 nitrogen and oxygen atoms in total. The van der Waals surface area contributed by atoms with Crippen molar-refractivity contribution in [1.29, 1.82) is 0 Å². The molecular weight excluding hydrogens is 844 g/mol. The Morgan fingerprint density at radius 3 is 1.08 bits per heavy atom. The maximum Gasteiger partial charge on any atom is 0.462 e. The van der Waals surface area contributed by atoms with Crippen molar-refractivity contribution in [2.24, 2.45) is 0 Å². The van der Waals surface area contributed by atoms with Crippen LogP contribution in [-0.2, 0) is 24.2 Å². The highest BCUT2D eigenvalue weighted by Crippen LogP contribution is 2.50. The number of rotatable bonds is 8. The van der Waals surface area contributed by atoms with Crippen LogP contribution in [0.3, 0.4) is 0 Å². The van der Waals surface area contributed by atoms with Gasteiger partial charge in [0, 0.05) is 53.1 Å². The fraction of sp³-hybridized carbons (Fsp3) is 0.143. The van der Waals surface area contributed by atoms with Crippen molar-refractivity contribution >= 4 is 30.0 Å². The molecular formula is C42H27F9N3O6P. The highest BCUT2D eigenvalue weighted by atomic mass is 31.2. The van der Waals surface area contributed by atoms with E-state index in [0.29, 0.717) is 59.0 Å². The highest BCUT2D eigenvalue weighted by Gasteiger charge is 2.36. The van der Waals surface area contributed by atoms with E-state index in [0.717, 1.165) is 4.90 Å². The number of nitrogens with zero attached hydrogens (tertiary/aromatic N) is 3. The molecule has 0 aromatic heterocycles. The zero-order chi connectivity index (χ0) is 42.7. The van der Waals surface area contributed by atoms with Crippen molar-refractivity contribution in [3.05, 3.63) is 160 Å². The van der Waals surface area contributed by atoms with Crippen molar-refractivity contribution in [3.63, 3.8) is 0 Å². The second-order valence-corrected chi connectivity index (χ2v) is 16.0. The van der Waals surface area contributed by atoms with Gasteiger partial charge < -0.3 is 38.0 Å². The molecule has 314 valence electrons. The molecule has 3 aliphatic heterocycles. The van der Waals surface area contributed by atoms with Gasteiger partial charge in [-0.3, -0.25) is 0 Å². The number of hydrogen-bond acceptors (Lipinski definition) is 9. The lowest BCUT2D eigenvalue weighted by Gasteiger charge is -2.32. The molecule has 9 rings (SSSR count). The Kier molecular flexibility index (Phi) is 10.0. The van der Waals surface area contributed by atoms with Crippen LogP contribution in [0.4, 0.5) is 56.6 Å². The summed E-state index contributed by atoms with van der Waals surface area (Å²) in [5.41, 5.74) is -0.736. The zero-order valence-electron chi connectivity index (χ0n) is 31.0. The summed E-state index contributed by atoms with van der Waals surface area (Å²) in [5.74, 6) is -9.68. The van der Waals surface area contributed by atoms with Gasteiger partial charge in [0.2, 0.25) is 0 Å². The Bertz CT molecular complexity index is 2600. The maximum absolute atomic E-state index is 15.3. The number of halogens is 9. The van der Waals surface area contributed by atoms with Gasteiger partial charge in [-0.15, -0.1) is 0 Å². The Balaban J connectivity index is 1.06. The largest absolute Gasteiger partial charge is 0.473 e. The molecule has 0 amide bonds. The van der Waals surface area contributed by atoms with Gasteiger partial charge in [-0.1, -0.05) is 0 Å². The lowest BCUT2D eigenvalue weighted by atomic mass is 10.1. The molecule has 3 aliphatic rings. The first kappa shape index (κ1) is 39.8. The predicted molar refractivity (Wildman–Crippen MR) is 202 cm³/mol. The summed E-state index contributed by atoms with van der Waals surface area (Å²) in [4.78, 5) is 3.51. The van der Waals surface area contributed by atoms with Gasteiger partial charge in [-0.05, 0) is 54.6 Å². The quantitative estimate of drug-likeness (QED) is 0.110. The van der Waals surface area contributed by atoms with E-state index in [1.54, 1.807) is 0 Å². The molecule has 0 aliphatic carbocycles. The number of ether oxygens (including phenoxy) is 3. The molecule has 0 spiro atoms. The molecule has 0 bridgehead atoms. The minimum absolute atomic E-state index is 0.0756. The summed E-state index contributed by atoms with van der Waals surface area (Å²) in [6, 6.07) is 15.9. The second-order valence-electron chi connectivity index (χ2n) is 14.1. The van der Waals surface area contributed by atoms with E-state index in [2.05, 4.69) is 0 Å². The summed E-state index contributed by atoms with van der Waals surface area (Å²) in [6.45, 7) is -1.43. The Morgan fingerprint density at radius 1 is 0.426 bits per heavy atom. The van der Waals surface area contributed by atoms with Crippen LogP contribution in [0.1, 0.15) is 16.7 Å². The van der Waals surface area contributed by atoms with E-state index in [1.807, 2.05) is 0 Å². The van der Waals surface area contributed by atoms with Crippen molar-refractivity contribution in [1.82, 2.24) is 0 Å². The minimum atomic E-state index is -4.64. The first-order chi connectivity index (χ1) is 29.2. The molecule has 0 saturated carbocycles. The third kappa shape index (κ3) is 7.67. The number of benzene rings is 6. The van der Waals surface area contributed by atoms with E-state index in [4.69, 9.17) is 23.3 Å². The van der Waals surface area contributed by atoms with Gasteiger partial charge in [-0.25, -0.2) is 44.1 Å². The fourth-order valence-corrected chi connectivity index (χ4v) is 8.89. The van der Waals surface area contributed by atoms with Gasteiger partial charge in [0.25, 0.3) is 0 Å². The molecule has 6 aromatic rings. The van der Waals surface area contributed by atoms with Gasteiger partial charge in [0.15, 0.2) is 55.1 Å². The van der Waals surface area contributed by atoms with Crippen LogP contribution >= 0.6 is 7.60 Å². The normalized spacial score (nSPS) is 14.6. The molecule has 0 N–H and O–H groups in total. The summed E-state index contributed by atoms with van der Waals surface area (Å²) < 4.78 is 175. The molecule has 0 fully saturated rings. The van der Waals surface area contributed by atoms with Crippen LogP contribution in [-0.4, -0.2) is 20.2 Å². The van der Waals surface area contributed by atoms with E-state index < -0.39 is 77.0 Å². The van der Waals surface area contributed by atoms with Crippen LogP contribution in [0.5, 0.6) is 28.7 Å². The topological polar surface area (TPSA) is 72.9 Å². The lowest BCUT2D eigenvalue weighted by molar-refractivity contribution is 0.284. The number of fused-ring (bicyclic) bond motifs is 3. The average Bonchev–Trinajstić information content (AvgIpc) is 3.19.